The van der Waals surface area contributed by atoms with E-state index in [2.05, 4.69) is 53.7 Å². The molecule has 0 aliphatic heterocycles. The molecule has 3 aromatic rings. The first-order chi connectivity index (χ1) is 11.7. The Bertz CT molecular complexity index is 797. The summed E-state index contributed by atoms with van der Waals surface area (Å²) in [5.41, 5.74) is 2.36. The van der Waals surface area contributed by atoms with Crippen molar-refractivity contribution in [3.63, 3.8) is 0 Å². The second-order valence-electron chi connectivity index (χ2n) is 5.49. The number of nitrogens with zero attached hydrogens (tertiary/aromatic N) is 3. The molecule has 0 aliphatic rings. The van der Waals surface area contributed by atoms with Gasteiger partial charge in [-0.25, -0.2) is 0 Å². The van der Waals surface area contributed by atoms with Crippen LogP contribution in [-0.2, 0) is 6.54 Å². The van der Waals surface area contributed by atoms with Crippen LogP contribution in [0, 0.1) is 13.8 Å². The van der Waals surface area contributed by atoms with Crippen LogP contribution in [0.3, 0.4) is 0 Å². The molecule has 24 heavy (non-hydrogen) atoms. The fraction of sp³-hybridized carbons (Fsp3) is 0.333. The van der Waals surface area contributed by atoms with Crippen molar-refractivity contribution in [1.82, 2.24) is 14.8 Å². The summed E-state index contributed by atoms with van der Waals surface area (Å²) in [6.45, 7) is 7.63. The van der Waals surface area contributed by atoms with E-state index in [9.17, 15) is 0 Å². The van der Waals surface area contributed by atoms with E-state index in [-0.39, 0.29) is 0 Å². The molecule has 0 N–H and O–H groups in total. The van der Waals surface area contributed by atoms with E-state index in [1.807, 2.05) is 12.1 Å². The molecule has 1 aromatic carbocycles. The smallest absolute Gasteiger partial charge is 0.200 e. The van der Waals surface area contributed by atoms with Gasteiger partial charge in [0.1, 0.15) is 5.75 Å². The lowest BCUT2D eigenvalue weighted by Gasteiger charge is -2.10. The number of hydrogen-bond acceptors (Lipinski definition) is 5. The molecule has 0 bridgehead atoms. The minimum absolute atomic E-state index is 0.627. The predicted octanol–water partition coefficient (Wildman–Crippen LogP) is 4.35. The number of aryl methyl sites for hydroxylation is 2. The lowest BCUT2D eigenvalue weighted by Crippen LogP contribution is -2.04. The molecule has 0 amide bonds. The van der Waals surface area contributed by atoms with Gasteiger partial charge in [-0.1, -0.05) is 23.9 Å². The van der Waals surface area contributed by atoms with Gasteiger partial charge in [-0.3, -0.25) is 4.57 Å². The Hall–Kier alpha value is -2.21. The van der Waals surface area contributed by atoms with Crippen molar-refractivity contribution in [2.24, 2.45) is 0 Å². The number of furan rings is 1. The molecule has 6 heteroatoms. The van der Waals surface area contributed by atoms with Crippen LogP contribution in [0.4, 0.5) is 0 Å². The fourth-order valence-electron chi connectivity index (χ4n) is 2.42. The van der Waals surface area contributed by atoms with Gasteiger partial charge in [0.15, 0.2) is 16.7 Å². The van der Waals surface area contributed by atoms with Crippen LogP contribution in [-0.4, -0.2) is 27.1 Å². The van der Waals surface area contributed by atoms with Crippen LogP contribution in [0.25, 0.3) is 11.6 Å². The van der Waals surface area contributed by atoms with E-state index in [0.29, 0.717) is 6.61 Å². The normalized spacial score (nSPS) is 11.0. The maximum atomic E-state index is 5.90. The van der Waals surface area contributed by atoms with Gasteiger partial charge in [-0.15, -0.1) is 10.2 Å². The highest BCUT2D eigenvalue weighted by Crippen LogP contribution is 2.25. The number of benzene rings is 1. The van der Waals surface area contributed by atoms with E-state index < -0.39 is 0 Å². The number of aromatic nitrogens is 3. The van der Waals surface area contributed by atoms with Gasteiger partial charge >= 0.3 is 0 Å². The third kappa shape index (κ3) is 3.64. The molecule has 0 atom stereocenters. The SMILES string of the molecule is CCn1c(SCCOc2cc(C)ccc2C)nnc1-c1ccco1. The molecule has 0 saturated carbocycles. The summed E-state index contributed by atoms with van der Waals surface area (Å²) in [6, 6.07) is 10.0. The minimum atomic E-state index is 0.627. The molecule has 2 heterocycles. The lowest BCUT2D eigenvalue weighted by atomic mass is 10.1. The van der Waals surface area contributed by atoms with Crippen LogP contribution in [0.2, 0.25) is 0 Å². The minimum Gasteiger partial charge on any atom is -0.492 e. The zero-order chi connectivity index (χ0) is 16.9. The van der Waals surface area contributed by atoms with E-state index in [1.165, 1.54) is 5.56 Å². The van der Waals surface area contributed by atoms with Crippen molar-refractivity contribution in [3.8, 4) is 17.3 Å². The standard InChI is InChI=1S/C18H21N3O2S/c1-4-21-17(15-6-5-9-22-15)19-20-18(21)24-11-10-23-16-12-13(2)7-8-14(16)3/h5-9,12H,4,10-11H2,1-3H3. The molecular weight excluding hydrogens is 322 g/mol. The topological polar surface area (TPSA) is 53.1 Å². The first-order valence-electron chi connectivity index (χ1n) is 7.99. The number of thioether (sulfide) groups is 1. The molecule has 5 nitrogen and oxygen atoms in total. The zero-order valence-corrected chi connectivity index (χ0v) is 15.0. The number of hydrogen-bond donors (Lipinski definition) is 0. The van der Waals surface area contributed by atoms with E-state index in [4.69, 9.17) is 9.15 Å². The highest BCUT2D eigenvalue weighted by atomic mass is 32.2. The van der Waals surface area contributed by atoms with E-state index >= 15 is 0 Å². The van der Waals surface area contributed by atoms with Crippen molar-refractivity contribution in [3.05, 3.63) is 47.7 Å². The highest BCUT2D eigenvalue weighted by molar-refractivity contribution is 7.99. The summed E-state index contributed by atoms with van der Waals surface area (Å²) in [5, 5.41) is 9.41. The summed E-state index contributed by atoms with van der Waals surface area (Å²) in [6.07, 6.45) is 1.65. The highest BCUT2D eigenvalue weighted by Gasteiger charge is 2.14. The Morgan fingerprint density at radius 2 is 2.08 bits per heavy atom. The largest absolute Gasteiger partial charge is 0.492 e. The first kappa shape index (κ1) is 16.6. The summed E-state index contributed by atoms with van der Waals surface area (Å²) in [4.78, 5) is 0. The molecular formula is C18H21N3O2S. The van der Waals surface area contributed by atoms with Gasteiger partial charge in [-0.2, -0.15) is 0 Å². The maximum absolute atomic E-state index is 5.90. The molecule has 126 valence electrons. The fourth-order valence-corrected chi connectivity index (χ4v) is 3.24. The monoisotopic (exact) mass is 343 g/mol. The molecule has 0 radical (unpaired) electrons. The van der Waals surface area contributed by atoms with Crippen LogP contribution < -0.4 is 4.74 Å². The summed E-state index contributed by atoms with van der Waals surface area (Å²) in [5.74, 6) is 3.26. The molecule has 0 aliphatic carbocycles. The lowest BCUT2D eigenvalue weighted by molar-refractivity contribution is 0.341. The van der Waals surface area contributed by atoms with Crippen molar-refractivity contribution in [2.75, 3.05) is 12.4 Å². The van der Waals surface area contributed by atoms with E-state index in [0.717, 1.165) is 40.4 Å². The van der Waals surface area contributed by atoms with Crippen molar-refractivity contribution in [2.45, 2.75) is 32.5 Å². The van der Waals surface area contributed by atoms with Gasteiger partial charge in [0.2, 0.25) is 0 Å². The zero-order valence-electron chi connectivity index (χ0n) is 14.2. The molecule has 0 fully saturated rings. The average Bonchev–Trinajstić information content (AvgIpc) is 3.23. The van der Waals surface area contributed by atoms with Crippen LogP contribution in [0.5, 0.6) is 5.75 Å². The molecule has 0 saturated heterocycles. The van der Waals surface area contributed by atoms with Crippen LogP contribution in [0.15, 0.2) is 46.2 Å². The third-order valence-corrected chi connectivity index (χ3v) is 4.62. The number of rotatable bonds is 7. The van der Waals surface area contributed by atoms with Gasteiger partial charge in [-0.05, 0) is 50.1 Å². The average molecular weight is 343 g/mol. The van der Waals surface area contributed by atoms with Gasteiger partial charge < -0.3 is 9.15 Å². The molecule has 2 aromatic heterocycles. The van der Waals surface area contributed by atoms with Crippen molar-refractivity contribution in [1.29, 1.82) is 0 Å². The predicted molar refractivity (Wildman–Crippen MR) is 95.5 cm³/mol. The van der Waals surface area contributed by atoms with Gasteiger partial charge in [0.05, 0.1) is 12.9 Å². The molecule has 3 rings (SSSR count). The van der Waals surface area contributed by atoms with Gasteiger partial charge in [0, 0.05) is 12.3 Å². The summed E-state index contributed by atoms with van der Waals surface area (Å²) in [7, 11) is 0. The Morgan fingerprint density at radius 3 is 2.83 bits per heavy atom. The quantitative estimate of drug-likeness (QED) is 0.472. The third-order valence-electron chi connectivity index (χ3n) is 3.69. The summed E-state index contributed by atoms with van der Waals surface area (Å²) >= 11 is 1.64. The van der Waals surface area contributed by atoms with Crippen molar-refractivity contribution >= 4 is 11.8 Å². The molecule has 0 spiro atoms. The Morgan fingerprint density at radius 1 is 1.21 bits per heavy atom. The Labute approximate surface area is 146 Å². The second-order valence-corrected chi connectivity index (χ2v) is 6.56. The maximum Gasteiger partial charge on any atom is 0.200 e. The number of ether oxygens (including phenoxy) is 1. The van der Waals surface area contributed by atoms with Crippen LogP contribution in [0.1, 0.15) is 18.1 Å². The summed E-state index contributed by atoms with van der Waals surface area (Å²) < 4.78 is 13.4. The van der Waals surface area contributed by atoms with Crippen LogP contribution >= 0.6 is 11.8 Å². The second kappa shape index (κ2) is 7.57. The Balaban J connectivity index is 1.60. The van der Waals surface area contributed by atoms with Crippen molar-refractivity contribution < 1.29 is 9.15 Å². The molecule has 0 unspecified atom stereocenters. The van der Waals surface area contributed by atoms with E-state index in [1.54, 1.807) is 18.0 Å². The van der Waals surface area contributed by atoms with Gasteiger partial charge in [0.25, 0.3) is 0 Å². The first-order valence-corrected chi connectivity index (χ1v) is 8.97. The Kier molecular flexibility index (Phi) is 5.25.